The Morgan fingerprint density at radius 2 is 1.86 bits per heavy atom. The van der Waals surface area contributed by atoms with Gasteiger partial charge < -0.3 is 25.0 Å². The zero-order valence-electron chi connectivity index (χ0n) is 17.8. The SMILES string of the molecule is CCN(CCNC(=O)NC(C)c1cc(OC)ccc1OC)c1ccccc1C.Cl. The molecule has 2 aromatic rings. The lowest BCUT2D eigenvalue weighted by molar-refractivity contribution is 0.238. The largest absolute Gasteiger partial charge is 0.497 e. The number of aryl methyl sites for hydroxylation is 1. The average molecular weight is 422 g/mol. The third-order valence-corrected chi connectivity index (χ3v) is 4.76. The molecule has 29 heavy (non-hydrogen) atoms. The van der Waals surface area contributed by atoms with Gasteiger partial charge in [-0.25, -0.2) is 4.79 Å². The van der Waals surface area contributed by atoms with Crippen LogP contribution in [0.25, 0.3) is 0 Å². The van der Waals surface area contributed by atoms with Crippen molar-refractivity contribution in [3.63, 3.8) is 0 Å². The lowest BCUT2D eigenvalue weighted by Gasteiger charge is -2.25. The van der Waals surface area contributed by atoms with Gasteiger partial charge >= 0.3 is 6.03 Å². The summed E-state index contributed by atoms with van der Waals surface area (Å²) in [6.45, 7) is 8.31. The number of methoxy groups -OCH3 is 2. The molecule has 2 N–H and O–H groups in total. The average Bonchev–Trinajstić information content (AvgIpc) is 2.71. The Balaban J connectivity index is 0.00000420. The van der Waals surface area contributed by atoms with Crippen LogP contribution in [0.5, 0.6) is 11.5 Å². The van der Waals surface area contributed by atoms with Crippen LogP contribution in [0.2, 0.25) is 0 Å². The van der Waals surface area contributed by atoms with Gasteiger partial charge in [0.15, 0.2) is 0 Å². The highest BCUT2D eigenvalue weighted by Crippen LogP contribution is 2.29. The van der Waals surface area contributed by atoms with Crippen LogP contribution in [-0.2, 0) is 0 Å². The lowest BCUT2D eigenvalue weighted by Crippen LogP contribution is -2.41. The molecule has 1 atom stereocenters. The van der Waals surface area contributed by atoms with E-state index in [-0.39, 0.29) is 24.5 Å². The molecule has 0 saturated carbocycles. The molecule has 7 heteroatoms. The van der Waals surface area contributed by atoms with E-state index in [1.165, 1.54) is 11.3 Å². The molecule has 0 aromatic heterocycles. The molecule has 0 heterocycles. The highest BCUT2D eigenvalue weighted by molar-refractivity contribution is 5.85. The number of anilines is 1. The Hall–Kier alpha value is -2.60. The molecular weight excluding hydrogens is 390 g/mol. The maximum atomic E-state index is 12.3. The number of benzene rings is 2. The number of nitrogens with zero attached hydrogens (tertiary/aromatic N) is 1. The van der Waals surface area contributed by atoms with Crippen molar-refractivity contribution in [3.05, 3.63) is 53.6 Å². The molecule has 0 aliphatic carbocycles. The molecule has 0 bridgehead atoms. The van der Waals surface area contributed by atoms with Crippen LogP contribution < -0.4 is 25.0 Å². The van der Waals surface area contributed by atoms with Crippen LogP contribution >= 0.6 is 12.4 Å². The van der Waals surface area contributed by atoms with Gasteiger partial charge in [-0.05, 0) is 50.6 Å². The van der Waals surface area contributed by atoms with Gasteiger partial charge in [-0.2, -0.15) is 0 Å². The summed E-state index contributed by atoms with van der Waals surface area (Å²) in [7, 11) is 3.23. The smallest absolute Gasteiger partial charge is 0.315 e. The Kier molecular flexibility index (Phi) is 10.2. The summed E-state index contributed by atoms with van der Waals surface area (Å²) in [6.07, 6.45) is 0. The molecule has 0 aliphatic heterocycles. The predicted octanol–water partition coefficient (Wildman–Crippen LogP) is 4.32. The van der Waals surface area contributed by atoms with Crippen LogP contribution in [0.4, 0.5) is 10.5 Å². The van der Waals surface area contributed by atoms with Crippen molar-refractivity contribution in [1.82, 2.24) is 10.6 Å². The van der Waals surface area contributed by atoms with Crippen molar-refractivity contribution >= 4 is 24.1 Å². The number of likely N-dealkylation sites (N-methyl/N-ethyl adjacent to an activating group) is 1. The predicted molar refractivity (Wildman–Crippen MR) is 121 cm³/mol. The molecule has 0 saturated heterocycles. The minimum Gasteiger partial charge on any atom is -0.497 e. The van der Waals surface area contributed by atoms with Gasteiger partial charge in [0.25, 0.3) is 0 Å². The van der Waals surface area contributed by atoms with E-state index in [0.29, 0.717) is 12.3 Å². The molecule has 2 amide bonds. The molecule has 0 radical (unpaired) electrons. The summed E-state index contributed by atoms with van der Waals surface area (Å²) in [4.78, 5) is 14.6. The number of para-hydroxylation sites is 1. The van der Waals surface area contributed by atoms with Crippen LogP contribution in [0.1, 0.15) is 31.0 Å². The van der Waals surface area contributed by atoms with E-state index in [9.17, 15) is 4.79 Å². The van der Waals surface area contributed by atoms with Crippen LogP contribution in [0.3, 0.4) is 0 Å². The Morgan fingerprint density at radius 3 is 2.48 bits per heavy atom. The summed E-state index contributed by atoms with van der Waals surface area (Å²) in [6, 6.07) is 13.4. The van der Waals surface area contributed by atoms with Crippen molar-refractivity contribution < 1.29 is 14.3 Å². The zero-order valence-corrected chi connectivity index (χ0v) is 18.6. The minimum atomic E-state index is -0.219. The van der Waals surface area contributed by atoms with Crippen molar-refractivity contribution in [2.75, 3.05) is 38.8 Å². The number of urea groups is 1. The second-order valence-corrected chi connectivity index (χ2v) is 6.60. The monoisotopic (exact) mass is 421 g/mol. The highest BCUT2D eigenvalue weighted by Gasteiger charge is 2.15. The minimum absolute atomic E-state index is 0. The first kappa shape index (κ1) is 24.4. The molecule has 0 aliphatic rings. The van der Waals surface area contributed by atoms with Gasteiger partial charge in [-0.3, -0.25) is 0 Å². The summed E-state index contributed by atoms with van der Waals surface area (Å²) in [5.74, 6) is 1.44. The van der Waals surface area contributed by atoms with E-state index >= 15 is 0 Å². The maximum absolute atomic E-state index is 12.3. The zero-order chi connectivity index (χ0) is 20.5. The standard InChI is InChI=1S/C22H31N3O3.ClH/c1-6-25(20-10-8-7-9-16(20)2)14-13-23-22(26)24-17(3)19-15-18(27-4)11-12-21(19)28-5;/h7-12,15,17H,6,13-14H2,1-5H3,(H2,23,24,26);1H. The van der Waals surface area contributed by atoms with Crippen LogP contribution in [-0.4, -0.2) is 39.9 Å². The molecule has 0 fully saturated rings. The van der Waals surface area contributed by atoms with Gasteiger partial charge in [-0.15, -0.1) is 12.4 Å². The summed E-state index contributed by atoms with van der Waals surface area (Å²) < 4.78 is 10.7. The van der Waals surface area contributed by atoms with Crippen molar-refractivity contribution in [1.29, 1.82) is 0 Å². The Bertz CT molecular complexity index is 786. The number of amides is 2. The van der Waals surface area contributed by atoms with Gasteiger partial charge in [0.2, 0.25) is 0 Å². The van der Waals surface area contributed by atoms with E-state index in [2.05, 4.69) is 41.5 Å². The summed E-state index contributed by atoms with van der Waals surface area (Å²) >= 11 is 0. The second kappa shape index (κ2) is 12.1. The first-order valence-electron chi connectivity index (χ1n) is 9.57. The molecule has 2 rings (SSSR count). The quantitative estimate of drug-likeness (QED) is 0.632. The topological polar surface area (TPSA) is 62.8 Å². The summed E-state index contributed by atoms with van der Waals surface area (Å²) in [5.41, 5.74) is 3.29. The second-order valence-electron chi connectivity index (χ2n) is 6.60. The fourth-order valence-corrected chi connectivity index (χ4v) is 3.17. The van der Waals surface area contributed by atoms with Crippen molar-refractivity contribution in [3.8, 4) is 11.5 Å². The van der Waals surface area contributed by atoms with Crippen LogP contribution in [0, 0.1) is 6.92 Å². The molecule has 0 spiro atoms. The molecule has 2 aromatic carbocycles. The molecule has 160 valence electrons. The Labute approximate surface area is 180 Å². The highest BCUT2D eigenvalue weighted by atomic mass is 35.5. The number of carbonyl (C=O) groups excluding carboxylic acids is 1. The maximum Gasteiger partial charge on any atom is 0.315 e. The Morgan fingerprint density at radius 1 is 1.14 bits per heavy atom. The number of hydrogen-bond donors (Lipinski definition) is 2. The molecule has 1 unspecified atom stereocenters. The fraction of sp³-hybridized carbons (Fsp3) is 0.409. The number of ether oxygens (including phenoxy) is 2. The number of halogens is 1. The molecular formula is C22H32ClN3O3. The van der Waals surface area contributed by atoms with Gasteiger partial charge in [0, 0.05) is 30.9 Å². The number of carbonyl (C=O) groups is 1. The lowest BCUT2D eigenvalue weighted by atomic mass is 10.1. The van der Waals surface area contributed by atoms with Crippen molar-refractivity contribution in [2.45, 2.75) is 26.8 Å². The van der Waals surface area contributed by atoms with E-state index < -0.39 is 0 Å². The number of rotatable bonds is 9. The van der Waals surface area contributed by atoms with E-state index in [1.54, 1.807) is 14.2 Å². The van der Waals surface area contributed by atoms with Gasteiger partial charge in [-0.1, -0.05) is 18.2 Å². The first-order chi connectivity index (χ1) is 13.5. The number of hydrogen-bond acceptors (Lipinski definition) is 4. The van der Waals surface area contributed by atoms with Gasteiger partial charge in [0.1, 0.15) is 11.5 Å². The van der Waals surface area contributed by atoms with Crippen LogP contribution in [0.15, 0.2) is 42.5 Å². The molecule has 6 nitrogen and oxygen atoms in total. The van der Waals surface area contributed by atoms with E-state index in [4.69, 9.17) is 9.47 Å². The van der Waals surface area contributed by atoms with Crippen molar-refractivity contribution in [2.24, 2.45) is 0 Å². The normalized spacial score (nSPS) is 11.1. The number of nitrogens with one attached hydrogen (secondary N) is 2. The summed E-state index contributed by atoms with van der Waals surface area (Å²) in [5, 5.41) is 5.90. The third-order valence-electron chi connectivity index (χ3n) is 4.76. The van der Waals surface area contributed by atoms with Gasteiger partial charge in [0.05, 0.1) is 20.3 Å². The fourth-order valence-electron chi connectivity index (χ4n) is 3.17. The van der Waals surface area contributed by atoms with E-state index in [1.807, 2.05) is 37.3 Å². The van der Waals surface area contributed by atoms with E-state index in [0.717, 1.165) is 24.4 Å². The first-order valence-corrected chi connectivity index (χ1v) is 9.57. The third kappa shape index (κ3) is 6.75.